The highest BCUT2D eigenvalue weighted by molar-refractivity contribution is 7.09. The van der Waals surface area contributed by atoms with Crippen molar-refractivity contribution in [2.45, 2.75) is 6.42 Å². The van der Waals surface area contributed by atoms with E-state index < -0.39 is 0 Å². The lowest BCUT2D eigenvalue weighted by Gasteiger charge is -2.07. The van der Waals surface area contributed by atoms with Crippen LogP contribution in [0.3, 0.4) is 0 Å². The first-order chi connectivity index (χ1) is 10.7. The molecule has 3 rings (SSSR count). The molecule has 0 radical (unpaired) electrons. The van der Waals surface area contributed by atoms with Gasteiger partial charge in [0.15, 0.2) is 0 Å². The van der Waals surface area contributed by atoms with E-state index in [4.69, 9.17) is 10.5 Å². The second-order valence-corrected chi connectivity index (χ2v) is 5.71. The summed E-state index contributed by atoms with van der Waals surface area (Å²) in [6.07, 6.45) is 0.709. The fourth-order valence-corrected chi connectivity index (χ4v) is 2.83. The zero-order chi connectivity index (χ0) is 15.4. The first kappa shape index (κ1) is 14.5. The monoisotopic (exact) mass is 314 g/mol. The molecular weight excluding hydrogens is 299 g/mol. The van der Waals surface area contributed by atoms with Crippen molar-refractivity contribution in [3.63, 3.8) is 0 Å². The summed E-state index contributed by atoms with van der Waals surface area (Å²) in [5, 5.41) is 2.95. The maximum absolute atomic E-state index is 12.9. The van der Waals surface area contributed by atoms with Gasteiger partial charge in [-0.15, -0.1) is 11.3 Å². The summed E-state index contributed by atoms with van der Waals surface area (Å²) in [5.74, 6) is 0.450. The molecule has 3 nitrogen and oxygen atoms in total. The van der Waals surface area contributed by atoms with Gasteiger partial charge in [0.2, 0.25) is 0 Å². The fourth-order valence-electron chi connectivity index (χ4n) is 2.04. The lowest BCUT2D eigenvalue weighted by molar-refractivity contribution is 0.323. The number of rotatable bonds is 5. The van der Waals surface area contributed by atoms with Crippen molar-refractivity contribution in [1.82, 2.24) is 4.98 Å². The third-order valence-electron chi connectivity index (χ3n) is 3.18. The Morgan fingerprint density at radius 1 is 1.09 bits per heavy atom. The predicted molar refractivity (Wildman–Crippen MR) is 87.6 cm³/mol. The van der Waals surface area contributed by atoms with E-state index in [0.717, 1.165) is 16.3 Å². The summed E-state index contributed by atoms with van der Waals surface area (Å²) >= 11 is 1.57. The van der Waals surface area contributed by atoms with Gasteiger partial charge in [-0.25, -0.2) is 9.37 Å². The highest BCUT2D eigenvalue weighted by Gasteiger charge is 2.06. The van der Waals surface area contributed by atoms with Crippen molar-refractivity contribution in [2.24, 2.45) is 0 Å². The van der Waals surface area contributed by atoms with Gasteiger partial charge in [0, 0.05) is 17.4 Å². The van der Waals surface area contributed by atoms with Gasteiger partial charge in [0.25, 0.3) is 0 Å². The molecule has 112 valence electrons. The zero-order valence-corrected chi connectivity index (χ0v) is 12.6. The van der Waals surface area contributed by atoms with Crippen LogP contribution < -0.4 is 10.5 Å². The van der Waals surface area contributed by atoms with Gasteiger partial charge in [-0.05, 0) is 36.4 Å². The van der Waals surface area contributed by atoms with Crippen LogP contribution in [0, 0.1) is 5.82 Å². The Morgan fingerprint density at radius 2 is 1.86 bits per heavy atom. The normalized spacial score (nSPS) is 10.6. The molecule has 0 aliphatic heterocycles. The van der Waals surface area contributed by atoms with Gasteiger partial charge >= 0.3 is 0 Å². The lowest BCUT2D eigenvalue weighted by atomic mass is 10.2. The van der Waals surface area contributed by atoms with Gasteiger partial charge in [0.1, 0.15) is 11.6 Å². The molecule has 0 unspecified atom stereocenters. The van der Waals surface area contributed by atoms with Crippen molar-refractivity contribution < 1.29 is 9.13 Å². The van der Waals surface area contributed by atoms with E-state index in [-0.39, 0.29) is 5.82 Å². The molecule has 1 heterocycles. The van der Waals surface area contributed by atoms with E-state index in [1.165, 1.54) is 12.1 Å². The highest BCUT2D eigenvalue weighted by atomic mass is 32.1. The number of halogens is 1. The minimum Gasteiger partial charge on any atom is -0.491 e. The van der Waals surface area contributed by atoms with E-state index in [1.807, 2.05) is 29.6 Å². The molecule has 2 aromatic carbocycles. The van der Waals surface area contributed by atoms with Crippen LogP contribution in [-0.4, -0.2) is 11.6 Å². The summed E-state index contributed by atoms with van der Waals surface area (Å²) in [7, 11) is 0. The van der Waals surface area contributed by atoms with E-state index in [1.54, 1.807) is 23.5 Å². The van der Waals surface area contributed by atoms with Crippen molar-refractivity contribution >= 4 is 17.0 Å². The summed E-state index contributed by atoms with van der Waals surface area (Å²) < 4.78 is 18.6. The predicted octanol–water partition coefficient (Wildman–Crippen LogP) is 4.15. The number of nitrogen functional groups attached to an aromatic ring is 1. The van der Waals surface area contributed by atoms with Crippen LogP contribution in [0.4, 0.5) is 10.1 Å². The average Bonchev–Trinajstić information content (AvgIpc) is 2.99. The molecule has 0 spiro atoms. The van der Waals surface area contributed by atoms with Gasteiger partial charge in [-0.1, -0.05) is 12.1 Å². The molecular formula is C17H15FN2OS. The van der Waals surface area contributed by atoms with Gasteiger partial charge in [-0.3, -0.25) is 0 Å². The summed E-state index contributed by atoms with van der Waals surface area (Å²) in [6.45, 7) is 0.518. The lowest BCUT2D eigenvalue weighted by Crippen LogP contribution is -2.03. The quantitative estimate of drug-likeness (QED) is 0.720. The number of aromatic nitrogens is 1. The average molecular weight is 314 g/mol. The van der Waals surface area contributed by atoms with Crippen LogP contribution in [0.2, 0.25) is 0 Å². The van der Waals surface area contributed by atoms with E-state index in [9.17, 15) is 4.39 Å². The molecule has 0 amide bonds. The van der Waals surface area contributed by atoms with Crippen LogP contribution in [0.1, 0.15) is 5.01 Å². The minimum absolute atomic E-state index is 0.243. The number of hydrogen-bond acceptors (Lipinski definition) is 4. The smallest absolute Gasteiger partial charge is 0.142 e. The molecule has 0 atom stereocenters. The number of benzene rings is 2. The van der Waals surface area contributed by atoms with Crippen molar-refractivity contribution in [2.75, 3.05) is 12.3 Å². The Balaban J connectivity index is 1.60. The third kappa shape index (κ3) is 3.43. The summed E-state index contributed by atoms with van der Waals surface area (Å²) in [4.78, 5) is 4.55. The van der Waals surface area contributed by atoms with Crippen molar-refractivity contribution in [1.29, 1.82) is 0 Å². The molecule has 0 bridgehead atoms. The Kier molecular flexibility index (Phi) is 4.34. The number of para-hydroxylation sites is 2. The molecule has 0 aliphatic carbocycles. The molecule has 22 heavy (non-hydrogen) atoms. The zero-order valence-electron chi connectivity index (χ0n) is 11.8. The summed E-state index contributed by atoms with van der Waals surface area (Å²) in [5.41, 5.74) is 8.23. The van der Waals surface area contributed by atoms with E-state index in [2.05, 4.69) is 4.98 Å². The van der Waals surface area contributed by atoms with Crippen molar-refractivity contribution in [3.8, 4) is 17.0 Å². The fraction of sp³-hybridized carbons (Fsp3) is 0.118. The first-order valence-corrected chi connectivity index (χ1v) is 7.78. The number of thiazole rings is 1. The van der Waals surface area contributed by atoms with Crippen LogP contribution in [0.5, 0.6) is 5.75 Å². The molecule has 0 saturated heterocycles. The van der Waals surface area contributed by atoms with E-state index in [0.29, 0.717) is 24.5 Å². The largest absolute Gasteiger partial charge is 0.491 e. The molecule has 0 saturated carbocycles. The topological polar surface area (TPSA) is 48.1 Å². The number of hydrogen-bond donors (Lipinski definition) is 1. The number of nitrogens with zero attached hydrogens (tertiary/aromatic N) is 1. The molecule has 1 aromatic heterocycles. The maximum Gasteiger partial charge on any atom is 0.142 e. The summed E-state index contributed by atoms with van der Waals surface area (Å²) in [6, 6.07) is 13.8. The molecule has 2 N–H and O–H groups in total. The SMILES string of the molecule is Nc1ccccc1OCCc1nc(-c2ccc(F)cc2)cs1. The second-order valence-electron chi connectivity index (χ2n) is 4.77. The van der Waals surface area contributed by atoms with Gasteiger partial charge < -0.3 is 10.5 Å². The number of nitrogens with two attached hydrogens (primary N) is 1. The molecule has 5 heteroatoms. The highest BCUT2D eigenvalue weighted by Crippen LogP contribution is 2.23. The standard InChI is InChI=1S/C17H15FN2OS/c18-13-7-5-12(6-8-13)15-11-22-17(20-15)9-10-21-16-4-2-1-3-14(16)19/h1-8,11H,9-10,19H2. The number of anilines is 1. The molecule has 0 aliphatic rings. The van der Waals surface area contributed by atoms with Crippen LogP contribution in [0.15, 0.2) is 53.9 Å². The van der Waals surface area contributed by atoms with Crippen LogP contribution >= 0.6 is 11.3 Å². The Labute approximate surface area is 132 Å². The maximum atomic E-state index is 12.9. The van der Waals surface area contributed by atoms with E-state index >= 15 is 0 Å². The van der Waals surface area contributed by atoms with Crippen LogP contribution in [-0.2, 0) is 6.42 Å². The van der Waals surface area contributed by atoms with Crippen LogP contribution in [0.25, 0.3) is 11.3 Å². The molecule has 3 aromatic rings. The van der Waals surface area contributed by atoms with Gasteiger partial charge in [-0.2, -0.15) is 0 Å². The Hall–Kier alpha value is -2.40. The molecule has 0 fully saturated rings. The third-order valence-corrected chi connectivity index (χ3v) is 4.09. The van der Waals surface area contributed by atoms with Gasteiger partial charge in [0.05, 0.1) is 23.0 Å². The Bertz CT molecular complexity index is 755. The van der Waals surface area contributed by atoms with Crippen molar-refractivity contribution in [3.05, 3.63) is 64.7 Å². The Morgan fingerprint density at radius 3 is 2.64 bits per heavy atom. The second kappa shape index (κ2) is 6.58. The minimum atomic E-state index is -0.243. The first-order valence-electron chi connectivity index (χ1n) is 6.90. The number of ether oxygens (including phenoxy) is 1.